The molecular weight excluding hydrogens is 162 g/mol. The van der Waals surface area contributed by atoms with Crippen molar-refractivity contribution in [2.75, 3.05) is 26.8 Å². The van der Waals surface area contributed by atoms with Gasteiger partial charge in [-0.05, 0) is 13.5 Å². The van der Waals surface area contributed by atoms with E-state index in [0.29, 0.717) is 0 Å². The second-order valence-corrected chi connectivity index (χ2v) is 3.48. The van der Waals surface area contributed by atoms with Crippen LogP contribution in [-0.4, -0.2) is 26.8 Å². The summed E-state index contributed by atoms with van der Waals surface area (Å²) in [5.41, 5.74) is 0. The van der Waals surface area contributed by atoms with E-state index in [-0.39, 0.29) is 0 Å². The SMILES string of the molecule is CCCCCCCCOCCNC. The average Bonchev–Trinajstić information content (AvgIpc) is 2.16. The van der Waals surface area contributed by atoms with Crippen molar-refractivity contribution < 1.29 is 4.74 Å². The lowest BCUT2D eigenvalue weighted by atomic mass is 10.1. The van der Waals surface area contributed by atoms with Gasteiger partial charge in [0.15, 0.2) is 0 Å². The van der Waals surface area contributed by atoms with E-state index in [1.165, 1.54) is 38.5 Å². The largest absolute Gasteiger partial charge is 0.380 e. The van der Waals surface area contributed by atoms with Crippen molar-refractivity contribution >= 4 is 0 Å². The minimum absolute atomic E-state index is 0.853. The van der Waals surface area contributed by atoms with Crippen LogP contribution in [-0.2, 0) is 4.74 Å². The molecule has 0 aromatic heterocycles. The van der Waals surface area contributed by atoms with E-state index in [1.54, 1.807) is 0 Å². The maximum atomic E-state index is 5.42. The van der Waals surface area contributed by atoms with Crippen LogP contribution < -0.4 is 5.32 Å². The second kappa shape index (κ2) is 11.9. The number of ether oxygens (including phenoxy) is 1. The van der Waals surface area contributed by atoms with Crippen LogP contribution >= 0.6 is 0 Å². The molecule has 0 aromatic carbocycles. The van der Waals surface area contributed by atoms with Gasteiger partial charge in [0, 0.05) is 13.2 Å². The highest BCUT2D eigenvalue weighted by atomic mass is 16.5. The minimum atomic E-state index is 0.853. The van der Waals surface area contributed by atoms with Gasteiger partial charge in [0.05, 0.1) is 6.61 Å². The van der Waals surface area contributed by atoms with Crippen molar-refractivity contribution in [3.05, 3.63) is 0 Å². The van der Waals surface area contributed by atoms with Crippen molar-refractivity contribution in [1.29, 1.82) is 0 Å². The lowest BCUT2D eigenvalue weighted by molar-refractivity contribution is 0.133. The molecular formula is C11H25NO. The summed E-state index contributed by atoms with van der Waals surface area (Å²) in [6.07, 6.45) is 8.06. The lowest BCUT2D eigenvalue weighted by Crippen LogP contribution is -2.14. The first kappa shape index (κ1) is 12.9. The predicted octanol–water partition coefficient (Wildman–Crippen LogP) is 2.58. The summed E-state index contributed by atoms with van der Waals surface area (Å²) in [5, 5.41) is 3.06. The molecule has 0 spiro atoms. The van der Waals surface area contributed by atoms with Crippen LogP contribution in [0.15, 0.2) is 0 Å². The second-order valence-electron chi connectivity index (χ2n) is 3.48. The van der Waals surface area contributed by atoms with Gasteiger partial charge in [0.2, 0.25) is 0 Å². The Morgan fingerprint density at radius 1 is 0.923 bits per heavy atom. The first-order chi connectivity index (χ1) is 6.41. The van der Waals surface area contributed by atoms with Crippen LogP contribution in [0.2, 0.25) is 0 Å². The third kappa shape index (κ3) is 11.9. The quantitative estimate of drug-likeness (QED) is 0.531. The number of unbranched alkanes of at least 4 members (excludes halogenated alkanes) is 5. The number of hydrogen-bond donors (Lipinski definition) is 1. The third-order valence-corrected chi connectivity index (χ3v) is 2.14. The minimum Gasteiger partial charge on any atom is -0.380 e. The number of rotatable bonds is 10. The van der Waals surface area contributed by atoms with Crippen molar-refractivity contribution in [2.24, 2.45) is 0 Å². The molecule has 0 radical (unpaired) electrons. The van der Waals surface area contributed by atoms with Gasteiger partial charge in [-0.2, -0.15) is 0 Å². The molecule has 0 unspecified atom stereocenters. The first-order valence-electron chi connectivity index (χ1n) is 5.64. The summed E-state index contributed by atoms with van der Waals surface area (Å²) in [5.74, 6) is 0. The monoisotopic (exact) mass is 187 g/mol. The fourth-order valence-electron chi connectivity index (χ4n) is 1.26. The number of nitrogens with one attached hydrogen (secondary N) is 1. The van der Waals surface area contributed by atoms with E-state index in [4.69, 9.17) is 4.74 Å². The fourth-order valence-corrected chi connectivity index (χ4v) is 1.26. The Morgan fingerprint density at radius 3 is 2.31 bits per heavy atom. The highest BCUT2D eigenvalue weighted by Gasteiger charge is 1.90. The molecule has 0 saturated heterocycles. The summed E-state index contributed by atoms with van der Waals surface area (Å²) in [6, 6.07) is 0. The Labute approximate surface area is 83.1 Å². The Hall–Kier alpha value is -0.0800. The molecule has 0 aliphatic heterocycles. The van der Waals surface area contributed by atoms with E-state index >= 15 is 0 Å². The molecule has 13 heavy (non-hydrogen) atoms. The van der Waals surface area contributed by atoms with Crippen molar-refractivity contribution in [3.8, 4) is 0 Å². The molecule has 0 aliphatic rings. The highest BCUT2D eigenvalue weighted by Crippen LogP contribution is 2.04. The van der Waals surface area contributed by atoms with E-state index in [2.05, 4.69) is 12.2 Å². The molecule has 0 bridgehead atoms. The first-order valence-corrected chi connectivity index (χ1v) is 5.64. The highest BCUT2D eigenvalue weighted by molar-refractivity contribution is 4.43. The molecule has 0 rings (SSSR count). The van der Waals surface area contributed by atoms with Crippen LogP contribution in [0.25, 0.3) is 0 Å². The van der Waals surface area contributed by atoms with Crippen LogP contribution in [0, 0.1) is 0 Å². The molecule has 0 saturated carbocycles. The van der Waals surface area contributed by atoms with Gasteiger partial charge in [0.25, 0.3) is 0 Å². The van der Waals surface area contributed by atoms with E-state index < -0.39 is 0 Å². The molecule has 1 N–H and O–H groups in total. The van der Waals surface area contributed by atoms with E-state index in [0.717, 1.165) is 19.8 Å². The smallest absolute Gasteiger partial charge is 0.0590 e. The fraction of sp³-hybridized carbons (Fsp3) is 1.00. The van der Waals surface area contributed by atoms with E-state index in [1.807, 2.05) is 7.05 Å². The molecule has 0 fully saturated rings. The summed E-state index contributed by atoms with van der Waals surface area (Å²) < 4.78 is 5.42. The zero-order valence-corrected chi connectivity index (χ0v) is 9.27. The zero-order valence-electron chi connectivity index (χ0n) is 9.27. The molecule has 0 aliphatic carbocycles. The molecule has 80 valence electrons. The zero-order chi connectivity index (χ0) is 9.78. The van der Waals surface area contributed by atoms with Crippen molar-refractivity contribution in [2.45, 2.75) is 45.4 Å². The molecule has 2 heteroatoms. The summed E-state index contributed by atoms with van der Waals surface area (Å²) in [7, 11) is 1.95. The van der Waals surface area contributed by atoms with Crippen molar-refractivity contribution in [3.63, 3.8) is 0 Å². The summed E-state index contributed by atoms with van der Waals surface area (Å²) in [4.78, 5) is 0. The predicted molar refractivity (Wildman–Crippen MR) is 58.1 cm³/mol. The van der Waals surface area contributed by atoms with Gasteiger partial charge >= 0.3 is 0 Å². The van der Waals surface area contributed by atoms with Gasteiger partial charge in [-0.15, -0.1) is 0 Å². The molecule has 0 amide bonds. The lowest BCUT2D eigenvalue weighted by Gasteiger charge is -2.03. The van der Waals surface area contributed by atoms with Gasteiger partial charge in [-0.1, -0.05) is 39.0 Å². The van der Waals surface area contributed by atoms with E-state index in [9.17, 15) is 0 Å². The normalized spacial score (nSPS) is 10.6. The van der Waals surface area contributed by atoms with Crippen LogP contribution in [0.5, 0.6) is 0 Å². The van der Waals surface area contributed by atoms with Gasteiger partial charge in [-0.25, -0.2) is 0 Å². The van der Waals surface area contributed by atoms with Crippen molar-refractivity contribution in [1.82, 2.24) is 5.32 Å². The Bertz CT molecular complexity index is 76.2. The number of likely N-dealkylation sites (N-methyl/N-ethyl adjacent to an activating group) is 1. The summed E-state index contributed by atoms with van der Waals surface area (Å²) >= 11 is 0. The number of hydrogen-bond acceptors (Lipinski definition) is 2. The summed E-state index contributed by atoms with van der Waals surface area (Å²) in [6.45, 7) is 5.01. The molecule has 0 heterocycles. The standard InChI is InChI=1S/C11H25NO/c1-3-4-5-6-7-8-10-13-11-9-12-2/h12H,3-11H2,1-2H3. The average molecular weight is 187 g/mol. The van der Waals surface area contributed by atoms with Crippen LogP contribution in [0.1, 0.15) is 45.4 Å². The Balaban J connectivity index is 2.76. The topological polar surface area (TPSA) is 21.3 Å². The van der Waals surface area contributed by atoms with Gasteiger partial charge in [-0.3, -0.25) is 0 Å². The van der Waals surface area contributed by atoms with Gasteiger partial charge in [0.1, 0.15) is 0 Å². The molecule has 0 aromatic rings. The molecule has 0 atom stereocenters. The van der Waals surface area contributed by atoms with Crippen LogP contribution in [0.4, 0.5) is 0 Å². The maximum Gasteiger partial charge on any atom is 0.0590 e. The molecule has 2 nitrogen and oxygen atoms in total. The third-order valence-electron chi connectivity index (χ3n) is 2.14. The Morgan fingerprint density at radius 2 is 1.62 bits per heavy atom. The maximum absolute atomic E-state index is 5.42. The Kier molecular flexibility index (Phi) is 11.8. The van der Waals surface area contributed by atoms with Crippen LogP contribution in [0.3, 0.4) is 0 Å². The van der Waals surface area contributed by atoms with Gasteiger partial charge < -0.3 is 10.1 Å².